The fraction of sp³-hybridized carbons (Fsp3) is 0.393. The third kappa shape index (κ3) is 22.6. The number of hydrogen-bond acceptors (Lipinski definition) is 19. The highest BCUT2D eigenvalue weighted by atomic mass is 32.2. The van der Waals surface area contributed by atoms with Crippen LogP contribution < -0.4 is 31.4 Å². The van der Waals surface area contributed by atoms with Crippen molar-refractivity contribution in [1.82, 2.24) is 29.9 Å². The molecule has 0 spiro atoms. The van der Waals surface area contributed by atoms with Gasteiger partial charge in [-0.1, -0.05) is 25.2 Å². The van der Waals surface area contributed by atoms with Gasteiger partial charge in [-0.3, -0.25) is 18.9 Å². The fourth-order valence-electron chi connectivity index (χ4n) is 13.0. The molecule has 110 heavy (non-hydrogen) atoms. The number of aryl methyl sites for hydroxylation is 3. The van der Waals surface area contributed by atoms with Crippen molar-refractivity contribution in [2.75, 3.05) is 40.6 Å². The molecule has 0 fully saturated rings. The maximum Gasteiger partial charge on any atom is 0.338 e. The maximum atomic E-state index is 13.0. The molecule has 25 nitrogen and oxygen atoms in total. The topological polar surface area (TPSA) is 361 Å². The van der Waals surface area contributed by atoms with Gasteiger partial charge in [-0.15, -0.1) is 19.3 Å². The standard InChI is InChI=1S/2C30H35N3O4.C22H19N3O4.CH4O3S.CH4.H2O/c2*1-8-15-33(21-12-9-19(10-13-21)28(35)37-30(5,6)7)25-14-11-20-16-24-23(17-22(20)25)27(34)32-26(31-24)18-36-29(2,3)4;1-2-9-25(15-6-3-13(4-7-15)22(28)29)19-8-5-14-10-18-17(11-16(14)19)21(27)24-20(12-26)23-18;1-5(2,3)4;;/h2*1,9-10,12-13,16-17,25H,11,14-15,18H2,2-7H3,(H,31,32,34);1,3-4,6-7,10-11,19,26H,5,8-9,12H2,(H,28,29)(H,23,24,27);1H3,(H,2,3,4);1H4;1H2/t2*25-;19-;;;/m000.../s1. The number of ether oxygens (including phenoxy) is 4. The monoisotopic (exact) mass is 1520 g/mol. The zero-order valence-electron chi connectivity index (χ0n) is 63.7. The van der Waals surface area contributed by atoms with E-state index in [1.807, 2.05) is 149 Å². The van der Waals surface area contributed by atoms with Crippen molar-refractivity contribution in [3.8, 4) is 37.0 Å². The molecule has 0 bridgehead atoms. The van der Waals surface area contributed by atoms with Gasteiger partial charge in [0.25, 0.3) is 26.8 Å². The Labute approximate surface area is 641 Å². The maximum absolute atomic E-state index is 13.0. The zero-order chi connectivity index (χ0) is 79.0. The highest BCUT2D eigenvalue weighted by molar-refractivity contribution is 7.85. The number of aromatic carboxylic acids is 1. The number of aromatic nitrogens is 6. The number of esters is 2. The summed E-state index contributed by atoms with van der Waals surface area (Å²) in [6.45, 7) is 24.1. The molecule has 8 N–H and O–H groups in total. The lowest BCUT2D eigenvalue weighted by Gasteiger charge is -2.30. The number of carbonyl (C=O) groups is 3. The molecular formula is C84H99N9O16S. The Hall–Kier alpha value is -11.0. The quantitative estimate of drug-likeness (QED) is 0.0280. The van der Waals surface area contributed by atoms with Gasteiger partial charge in [-0.05, 0) is 264 Å². The lowest BCUT2D eigenvalue weighted by molar-refractivity contribution is -0.0183. The molecule has 0 saturated heterocycles. The van der Waals surface area contributed by atoms with Crippen LogP contribution in [-0.4, -0.2) is 125 Å². The summed E-state index contributed by atoms with van der Waals surface area (Å²) in [7, 11) is -3.67. The van der Waals surface area contributed by atoms with Crippen LogP contribution in [0.4, 0.5) is 17.1 Å². The minimum absolute atomic E-state index is 0. The number of carboxylic acids is 1. The van der Waals surface area contributed by atoms with E-state index in [0.717, 1.165) is 89.0 Å². The number of carbonyl (C=O) groups excluding carboxylic acids is 2. The predicted octanol–water partition coefficient (Wildman–Crippen LogP) is 12.2. The molecule has 12 rings (SSSR count). The summed E-state index contributed by atoms with van der Waals surface area (Å²) in [5, 5.41) is 20.0. The second kappa shape index (κ2) is 35.6. The number of rotatable bonds is 17. The van der Waals surface area contributed by atoms with Gasteiger partial charge in [0.05, 0.1) is 105 Å². The molecule has 26 heteroatoms. The van der Waals surface area contributed by atoms with Gasteiger partial charge in [0.15, 0.2) is 0 Å². The van der Waals surface area contributed by atoms with E-state index in [1.165, 1.54) is 0 Å². The zero-order valence-corrected chi connectivity index (χ0v) is 64.5. The molecule has 3 heterocycles. The van der Waals surface area contributed by atoms with Crippen molar-refractivity contribution in [1.29, 1.82) is 0 Å². The molecule has 0 aliphatic heterocycles. The van der Waals surface area contributed by atoms with E-state index in [9.17, 15) is 42.3 Å². The first-order chi connectivity index (χ1) is 50.7. The number of carboxylic acid groups (broad SMARTS) is 1. The molecule has 3 aromatic heterocycles. The Morgan fingerprint density at radius 2 is 0.764 bits per heavy atom. The number of aliphatic hydroxyl groups excluding tert-OH is 1. The average Bonchev–Trinajstić information content (AvgIpc) is 1.58. The third-order valence-corrected chi connectivity index (χ3v) is 17.6. The van der Waals surface area contributed by atoms with Crippen LogP contribution in [0.2, 0.25) is 0 Å². The van der Waals surface area contributed by atoms with Crippen molar-refractivity contribution in [3.05, 3.63) is 208 Å². The van der Waals surface area contributed by atoms with E-state index in [1.54, 1.807) is 48.5 Å². The normalized spacial score (nSPS) is 14.8. The van der Waals surface area contributed by atoms with Crippen molar-refractivity contribution < 1.29 is 62.0 Å². The average molecular weight is 1520 g/mol. The molecule has 9 aromatic rings. The molecular weight excluding hydrogens is 1420 g/mol. The van der Waals surface area contributed by atoms with Crippen LogP contribution in [0.3, 0.4) is 0 Å². The Bertz CT molecular complexity index is 5050. The number of nitrogens with one attached hydrogen (secondary N) is 3. The Balaban J connectivity index is 0.000000222. The number of aromatic amines is 3. The summed E-state index contributed by atoms with van der Waals surface area (Å²) in [5.74, 6) is 7.77. The number of nitrogens with zero attached hydrogens (tertiary/aromatic N) is 6. The lowest BCUT2D eigenvalue weighted by Crippen LogP contribution is -2.28. The summed E-state index contributed by atoms with van der Waals surface area (Å²) in [6.07, 6.45) is 22.9. The van der Waals surface area contributed by atoms with E-state index in [2.05, 4.69) is 57.5 Å². The predicted molar refractivity (Wildman–Crippen MR) is 428 cm³/mol. The molecule has 6 aromatic carbocycles. The molecule has 582 valence electrons. The number of anilines is 3. The summed E-state index contributed by atoms with van der Waals surface area (Å²) in [4.78, 5) is 103. The second-order valence-corrected chi connectivity index (χ2v) is 32.0. The van der Waals surface area contributed by atoms with E-state index < -0.39 is 27.3 Å². The van der Waals surface area contributed by atoms with E-state index in [0.29, 0.717) is 81.4 Å². The Morgan fingerprint density at radius 3 is 1.02 bits per heavy atom. The number of hydrogen-bond donors (Lipinski definition) is 6. The SMILES string of the molecule is C.C#CCN(c1ccc(C(=O)O)cc1)[C@H]1CCc2cc3nc(CO)[nH]c(=O)c3cc21.C#CCN(c1ccc(C(=O)OC(C)(C)C)cc1)[C@H]1CCc2cc3nc(COC(C)(C)C)[nH]c(=O)c3cc21.C#CCN(c1ccc(C(=O)OC(C)(C)C)cc1)[C@H]1CCc2cc3nc(COC(C)(C)C)[nH]c(=O)c3cc21.CS(=O)(=O)O.O. The number of benzene rings is 6. The summed E-state index contributed by atoms with van der Waals surface area (Å²) >= 11 is 0. The molecule has 3 atom stereocenters. The molecule has 0 radical (unpaired) electrons. The Morgan fingerprint density at radius 1 is 0.491 bits per heavy atom. The van der Waals surface area contributed by atoms with E-state index in [4.69, 9.17) is 47.9 Å². The highest BCUT2D eigenvalue weighted by Crippen LogP contribution is 2.43. The summed E-state index contributed by atoms with van der Waals surface area (Å²) < 4.78 is 48.4. The number of aliphatic hydroxyl groups is 1. The first kappa shape index (κ1) is 86.2. The van der Waals surface area contributed by atoms with Gasteiger partial charge in [0, 0.05) is 17.1 Å². The van der Waals surface area contributed by atoms with Gasteiger partial charge in [0.1, 0.15) is 48.5 Å². The Kier molecular flexibility index (Phi) is 27.9. The van der Waals surface area contributed by atoms with Crippen LogP contribution in [0.15, 0.2) is 124 Å². The minimum Gasteiger partial charge on any atom is -0.478 e. The fourth-order valence-corrected chi connectivity index (χ4v) is 13.0. The van der Waals surface area contributed by atoms with Crippen molar-refractivity contribution >= 4 is 77.8 Å². The smallest absolute Gasteiger partial charge is 0.338 e. The summed E-state index contributed by atoms with van der Waals surface area (Å²) in [6, 6.07) is 32.9. The van der Waals surface area contributed by atoms with Crippen LogP contribution in [-0.2, 0) is 68.1 Å². The third-order valence-electron chi connectivity index (χ3n) is 17.6. The number of H-pyrrole nitrogens is 3. The number of fused-ring (bicyclic) bond motifs is 6. The molecule has 0 saturated carbocycles. The van der Waals surface area contributed by atoms with Gasteiger partial charge in [0.2, 0.25) is 0 Å². The van der Waals surface area contributed by atoms with Crippen LogP contribution in [0, 0.1) is 37.0 Å². The molecule has 3 aliphatic rings. The highest BCUT2D eigenvalue weighted by Gasteiger charge is 2.34. The van der Waals surface area contributed by atoms with Gasteiger partial charge in [-0.25, -0.2) is 29.3 Å². The van der Waals surface area contributed by atoms with Crippen molar-refractivity contribution in [3.63, 3.8) is 0 Å². The second-order valence-electron chi connectivity index (χ2n) is 30.5. The van der Waals surface area contributed by atoms with Crippen LogP contribution in [0.5, 0.6) is 0 Å². The van der Waals surface area contributed by atoms with E-state index in [-0.39, 0.29) is 102 Å². The first-order valence-corrected chi connectivity index (χ1v) is 37.1. The largest absolute Gasteiger partial charge is 0.478 e. The summed E-state index contributed by atoms with van der Waals surface area (Å²) in [5.41, 5.74) is 9.86. The van der Waals surface area contributed by atoms with Crippen LogP contribution in [0.1, 0.15) is 210 Å². The first-order valence-electron chi connectivity index (χ1n) is 35.3. The molecule has 0 amide bonds. The van der Waals surface area contributed by atoms with Crippen LogP contribution >= 0.6 is 0 Å². The molecule has 3 aliphatic carbocycles. The van der Waals surface area contributed by atoms with Crippen molar-refractivity contribution in [2.24, 2.45) is 0 Å². The van der Waals surface area contributed by atoms with Crippen LogP contribution in [0.25, 0.3) is 32.7 Å². The van der Waals surface area contributed by atoms with Crippen molar-refractivity contribution in [2.45, 2.75) is 189 Å². The van der Waals surface area contributed by atoms with E-state index >= 15 is 0 Å². The number of terminal acetylenes is 3. The van der Waals surface area contributed by atoms with Gasteiger partial charge < -0.3 is 64.3 Å². The van der Waals surface area contributed by atoms with Gasteiger partial charge >= 0.3 is 17.9 Å². The lowest BCUT2D eigenvalue weighted by atomic mass is 10.0. The van der Waals surface area contributed by atoms with Gasteiger partial charge in [-0.2, -0.15) is 8.42 Å². The molecule has 0 unspecified atom stereocenters. The minimum atomic E-state index is -3.67.